The Morgan fingerprint density at radius 3 is 2.50 bits per heavy atom. The van der Waals surface area contributed by atoms with Crippen LogP contribution in [0.4, 0.5) is 11.4 Å². The second-order valence-corrected chi connectivity index (χ2v) is 5.67. The fourth-order valence-corrected chi connectivity index (χ4v) is 2.01. The van der Waals surface area contributed by atoms with Crippen molar-refractivity contribution in [1.82, 2.24) is 0 Å². The van der Waals surface area contributed by atoms with E-state index < -0.39 is 16.4 Å². The van der Waals surface area contributed by atoms with Crippen molar-refractivity contribution in [2.75, 3.05) is 5.32 Å². The van der Waals surface area contributed by atoms with E-state index in [0.717, 1.165) is 0 Å². The van der Waals surface area contributed by atoms with Gasteiger partial charge < -0.3 is 10.4 Å². The van der Waals surface area contributed by atoms with E-state index in [0.29, 0.717) is 12.0 Å². The highest BCUT2D eigenvalue weighted by atomic mass is 16.6. The molecule has 1 aromatic rings. The minimum Gasteiger partial charge on any atom is -0.481 e. The highest BCUT2D eigenvalue weighted by Crippen LogP contribution is 2.30. The van der Waals surface area contributed by atoms with Crippen molar-refractivity contribution in [2.45, 2.75) is 45.6 Å². The third-order valence-electron chi connectivity index (χ3n) is 3.27. The largest absolute Gasteiger partial charge is 0.481 e. The molecule has 0 aliphatic heterocycles. The van der Waals surface area contributed by atoms with Gasteiger partial charge in [0.15, 0.2) is 5.78 Å². The fraction of sp³-hybridized carbons (Fsp3) is 0.467. The van der Waals surface area contributed by atoms with Gasteiger partial charge in [-0.25, -0.2) is 0 Å². The number of nitro groups is 1. The van der Waals surface area contributed by atoms with Crippen LogP contribution in [0.5, 0.6) is 0 Å². The molecular formula is C15H20N2O5. The molecule has 0 radical (unpaired) electrons. The summed E-state index contributed by atoms with van der Waals surface area (Å²) in [5.41, 5.74) is -0.252. The lowest BCUT2D eigenvalue weighted by Gasteiger charge is -2.26. The lowest BCUT2D eigenvalue weighted by Crippen LogP contribution is -2.31. The van der Waals surface area contributed by atoms with Crippen LogP contribution in [0.15, 0.2) is 18.2 Å². The minimum absolute atomic E-state index is 0.0415. The number of carbonyl (C=O) groups is 2. The summed E-state index contributed by atoms with van der Waals surface area (Å²) < 4.78 is 0. The molecule has 0 bridgehead atoms. The number of carboxylic acids is 1. The molecule has 0 aromatic heterocycles. The lowest BCUT2D eigenvalue weighted by molar-refractivity contribution is -0.384. The molecule has 0 saturated carbocycles. The van der Waals surface area contributed by atoms with Gasteiger partial charge in [0.1, 0.15) is 5.69 Å². The molecule has 0 heterocycles. The predicted molar refractivity (Wildman–Crippen MR) is 82.3 cm³/mol. The van der Waals surface area contributed by atoms with Crippen molar-refractivity contribution in [3.05, 3.63) is 33.9 Å². The van der Waals surface area contributed by atoms with E-state index in [-0.39, 0.29) is 30.0 Å². The number of nitrogens with one attached hydrogen (secondary N) is 1. The van der Waals surface area contributed by atoms with Gasteiger partial charge in [-0.15, -0.1) is 0 Å². The first-order valence-electron chi connectivity index (χ1n) is 6.98. The molecule has 1 rings (SSSR count). The summed E-state index contributed by atoms with van der Waals surface area (Å²) in [5, 5.41) is 22.9. The highest BCUT2D eigenvalue weighted by molar-refractivity contribution is 5.97. The maximum absolute atomic E-state index is 11.7. The van der Waals surface area contributed by atoms with Crippen molar-refractivity contribution in [3.63, 3.8) is 0 Å². The van der Waals surface area contributed by atoms with Gasteiger partial charge in [-0.3, -0.25) is 19.7 Å². The molecule has 7 heteroatoms. The number of nitrogens with zero attached hydrogens (tertiary/aromatic N) is 1. The van der Waals surface area contributed by atoms with Crippen LogP contribution >= 0.6 is 0 Å². The maximum atomic E-state index is 11.7. The molecule has 0 spiro atoms. The fourth-order valence-electron chi connectivity index (χ4n) is 2.01. The monoisotopic (exact) mass is 308 g/mol. The summed E-state index contributed by atoms with van der Waals surface area (Å²) in [4.78, 5) is 33.0. The molecule has 0 aliphatic rings. The number of nitro benzene ring substituents is 1. The normalized spacial score (nSPS) is 11.0. The minimum atomic E-state index is -0.923. The van der Waals surface area contributed by atoms with Crippen LogP contribution < -0.4 is 5.32 Å². The summed E-state index contributed by atoms with van der Waals surface area (Å²) in [6.45, 7) is 5.23. The summed E-state index contributed by atoms with van der Waals surface area (Å²) in [7, 11) is 0. The Kier molecular flexibility index (Phi) is 5.62. The molecule has 1 aromatic carbocycles. The Balaban J connectivity index is 3.06. The van der Waals surface area contributed by atoms with Gasteiger partial charge in [0, 0.05) is 30.0 Å². The number of ketones is 1. The van der Waals surface area contributed by atoms with E-state index in [9.17, 15) is 19.7 Å². The van der Waals surface area contributed by atoms with E-state index in [1.807, 2.05) is 0 Å². The average Bonchev–Trinajstić information content (AvgIpc) is 2.44. The molecule has 0 unspecified atom stereocenters. The third-order valence-corrected chi connectivity index (χ3v) is 3.27. The lowest BCUT2D eigenvalue weighted by atomic mass is 9.97. The molecule has 2 N–H and O–H groups in total. The number of benzene rings is 1. The Morgan fingerprint density at radius 2 is 2.00 bits per heavy atom. The van der Waals surface area contributed by atoms with Crippen LogP contribution in [0.3, 0.4) is 0 Å². The number of anilines is 1. The Morgan fingerprint density at radius 1 is 1.36 bits per heavy atom. The Labute approximate surface area is 128 Å². The first kappa shape index (κ1) is 17.6. The summed E-state index contributed by atoms with van der Waals surface area (Å²) >= 11 is 0. The van der Waals surface area contributed by atoms with Crippen LogP contribution in [0.1, 0.15) is 50.4 Å². The molecule has 120 valence electrons. The third kappa shape index (κ3) is 4.83. The zero-order valence-electron chi connectivity index (χ0n) is 12.9. The molecule has 0 atom stereocenters. The Hall–Kier alpha value is -2.44. The molecule has 22 heavy (non-hydrogen) atoms. The zero-order chi connectivity index (χ0) is 16.9. The van der Waals surface area contributed by atoms with Gasteiger partial charge in [0.25, 0.3) is 5.69 Å². The molecule has 7 nitrogen and oxygen atoms in total. The number of carboxylic acid groups (broad SMARTS) is 1. The molecule has 0 fully saturated rings. The highest BCUT2D eigenvalue weighted by Gasteiger charge is 2.24. The van der Waals surface area contributed by atoms with Gasteiger partial charge >= 0.3 is 5.97 Å². The van der Waals surface area contributed by atoms with Crippen LogP contribution in [0.25, 0.3) is 0 Å². The first-order valence-corrected chi connectivity index (χ1v) is 6.98. The van der Waals surface area contributed by atoms with E-state index in [1.54, 1.807) is 20.8 Å². The van der Waals surface area contributed by atoms with Gasteiger partial charge in [0.2, 0.25) is 0 Å². The van der Waals surface area contributed by atoms with Gasteiger partial charge in [-0.2, -0.15) is 0 Å². The summed E-state index contributed by atoms with van der Waals surface area (Å²) in [6.07, 6.45) is 0.545. The van der Waals surface area contributed by atoms with Crippen LogP contribution in [0, 0.1) is 10.1 Å². The number of aliphatic carboxylic acids is 1. The number of carbonyl (C=O) groups excluding carboxylic acids is 1. The van der Waals surface area contributed by atoms with Crippen LogP contribution in [0.2, 0.25) is 0 Å². The van der Waals surface area contributed by atoms with Crippen molar-refractivity contribution >= 4 is 23.1 Å². The van der Waals surface area contributed by atoms with E-state index in [1.165, 1.54) is 18.2 Å². The second kappa shape index (κ2) is 7.02. The predicted octanol–water partition coefficient (Wildman–Crippen LogP) is 3.24. The van der Waals surface area contributed by atoms with Gasteiger partial charge in [0.05, 0.1) is 4.92 Å². The first-order chi connectivity index (χ1) is 10.2. The quantitative estimate of drug-likeness (QED) is 0.433. The SMILES string of the molecule is CCC(=O)c1ccc(NC(C)(C)CCC(=O)O)c([N+](=O)[O-])c1. The molecule has 0 saturated heterocycles. The summed E-state index contributed by atoms with van der Waals surface area (Å²) in [6, 6.07) is 4.28. The van der Waals surface area contributed by atoms with Crippen LogP contribution in [-0.2, 0) is 4.79 Å². The molecular weight excluding hydrogens is 288 g/mol. The average molecular weight is 308 g/mol. The number of Topliss-reactive ketones (excluding diaryl/α,β-unsaturated/α-hetero) is 1. The van der Waals surface area contributed by atoms with Gasteiger partial charge in [-0.05, 0) is 32.4 Å². The van der Waals surface area contributed by atoms with Crippen molar-refractivity contribution in [1.29, 1.82) is 0 Å². The molecule has 0 aliphatic carbocycles. The van der Waals surface area contributed by atoms with Crippen LogP contribution in [-0.4, -0.2) is 27.3 Å². The number of hydrogen-bond acceptors (Lipinski definition) is 5. The Bertz CT molecular complexity index is 596. The van der Waals surface area contributed by atoms with Gasteiger partial charge in [-0.1, -0.05) is 6.92 Å². The van der Waals surface area contributed by atoms with E-state index in [2.05, 4.69) is 5.32 Å². The summed E-state index contributed by atoms with van der Waals surface area (Å²) in [5.74, 6) is -1.09. The number of hydrogen-bond donors (Lipinski definition) is 2. The second-order valence-electron chi connectivity index (χ2n) is 5.67. The number of rotatable bonds is 8. The zero-order valence-corrected chi connectivity index (χ0v) is 12.9. The van der Waals surface area contributed by atoms with Crippen molar-refractivity contribution in [3.8, 4) is 0 Å². The van der Waals surface area contributed by atoms with E-state index in [4.69, 9.17) is 5.11 Å². The van der Waals surface area contributed by atoms with Crippen molar-refractivity contribution in [2.24, 2.45) is 0 Å². The maximum Gasteiger partial charge on any atom is 0.303 e. The smallest absolute Gasteiger partial charge is 0.303 e. The van der Waals surface area contributed by atoms with E-state index >= 15 is 0 Å². The topological polar surface area (TPSA) is 110 Å². The standard InChI is InChI=1S/C15H20N2O5/c1-4-13(18)10-5-6-11(12(9-10)17(21)22)16-15(2,3)8-7-14(19)20/h5-6,9,16H,4,7-8H2,1-3H3,(H,19,20). The molecule has 0 amide bonds. The van der Waals surface area contributed by atoms with Crippen molar-refractivity contribution < 1.29 is 19.6 Å².